The smallest absolute Gasteiger partial charge is 0.332 e. The average Bonchev–Trinajstić information content (AvgIpc) is 2.15. The van der Waals surface area contributed by atoms with Crippen LogP contribution < -0.4 is 5.73 Å². The first-order valence-electron chi connectivity index (χ1n) is 3.61. The molecule has 1 heterocycles. The molecule has 0 saturated carbocycles. The van der Waals surface area contributed by atoms with Crippen molar-refractivity contribution in [2.24, 2.45) is 10.9 Å². The van der Waals surface area contributed by atoms with E-state index in [-0.39, 0.29) is 5.84 Å². The molecule has 1 rings (SSSR count). The Morgan fingerprint density at radius 3 is 3.00 bits per heavy atom. The SMILES string of the molecule is CC(=O)O/N=C(/N)c1cccnc1. The molecule has 68 valence electrons. The molecule has 0 radical (unpaired) electrons. The third-order valence-electron chi connectivity index (χ3n) is 1.23. The van der Waals surface area contributed by atoms with Crippen molar-refractivity contribution in [3.63, 3.8) is 0 Å². The molecule has 0 amide bonds. The lowest BCUT2D eigenvalue weighted by Gasteiger charge is -1.97. The highest BCUT2D eigenvalue weighted by atomic mass is 16.7. The van der Waals surface area contributed by atoms with Crippen LogP contribution in [-0.2, 0) is 9.63 Å². The van der Waals surface area contributed by atoms with Crippen molar-refractivity contribution < 1.29 is 9.63 Å². The van der Waals surface area contributed by atoms with Gasteiger partial charge in [0.25, 0.3) is 0 Å². The maximum absolute atomic E-state index is 10.4. The molecule has 0 aliphatic carbocycles. The number of nitrogens with zero attached hydrogens (tertiary/aromatic N) is 2. The summed E-state index contributed by atoms with van der Waals surface area (Å²) in [7, 11) is 0. The van der Waals surface area contributed by atoms with Gasteiger partial charge in [0.1, 0.15) is 0 Å². The molecule has 0 saturated heterocycles. The molecule has 13 heavy (non-hydrogen) atoms. The third kappa shape index (κ3) is 2.90. The lowest BCUT2D eigenvalue weighted by Crippen LogP contribution is -2.14. The Hall–Kier alpha value is -1.91. The van der Waals surface area contributed by atoms with Crippen LogP contribution in [0.4, 0.5) is 0 Å². The van der Waals surface area contributed by atoms with Gasteiger partial charge in [0.15, 0.2) is 5.84 Å². The summed E-state index contributed by atoms with van der Waals surface area (Å²) in [5.74, 6) is -0.379. The first-order valence-corrected chi connectivity index (χ1v) is 3.61. The van der Waals surface area contributed by atoms with E-state index in [0.717, 1.165) is 0 Å². The summed E-state index contributed by atoms with van der Waals surface area (Å²) in [6, 6.07) is 3.43. The quantitative estimate of drug-likeness (QED) is 0.306. The second-order valence-corrected chi connectivity index (χ2v) is 2.30. The van der Waals surface area contributed by atoms with E-state index >= 15 is 0 Å². The Morgan fingerprint density at radius 2 is 2.46 bits per heavy atom. The van der Waals surface area contributed by atoms with Crippen LogP contribution in [0.2, 0.25) is 0 Å². The van der Waals surface area contributed by atoms with Crippen LogP contribution in [0, 0.1) is 0 Å². The molecule has 0 unspecified atom stereocenters. The normalized spacial score (nSPS) is 11.0. The van der Waals surface area contributed by atoms with E-state index in [9.17, 15) is 4.79 Å². The zero-order valence-electron chi connectivity index (χ0n) is 7.10. The van der Waals surface area contributed by atoms with Crippen LogP contribution in [-0.4, -0.2) is 16.8 Å². The highest BCUT2D eigenvalue weighted by Crippen LogP contribution is 1.95. The third-order valence-corrected chi connectivity index (χ3v) is 1.23. The number of oxime groups is 1. The van der Waals surface area contributed by atoms with Gasteiger partial charge in [-0.3, -0.25) is 4.98 Å². The number of rotatable bonds is 2. The number of aromatic nitrogens is 1. The lowest BCUT2D eigenvalue weighted by molar-refractivity contribution is -0.140. The minimum absolute atomic E-state index is 0.128. The highest BCUT2D eigenvalue weighted by molar-refractivity contribution is 5.97. The Bertz CT molecular complexity index is 321. The van der Waals surface area contributed by atoms with Gasteiger partial charge in [-0.25, -0.2) is 4.79 Å². The molecular weight excluding hydrogens is 170 g/mol. The maximum atomic E-state index is 10.4. The summed E-state index contributed by atoms with van der Waals surface area (Å²) in [6.45, 7) is 1.25. The fourth-order valence-corrected chi connectivity index (χ4v) is 0.680. The van der Waals surface area contributed by atoms with Gasteiger partial charge in [-0.15, -0.1) is 0 Å². The van der Waals surface area contributed by atoms with Crippen LogP contribution in [0.5, 0.6) is 0 Å². The second kappa shape index (κ2) is 4.20. The van der Waals surface area contributed by atoms with Crippen molar-refractivity contribution in [1.82, 2.24) is 4.98 Å². The van der Waals surface area contributed by atoms with Crippen molar-refractivity contribution in [3.05, 3.63) is 30.1 Å². The van der Waals surface area contributed by atoms with Gasteiger partial charge < -0.3 is 10.6 Å². The summed E-state index contributed by atoms with van der Waals surface area (Å²) < 4.78 is 0. The van der Waals surface area contributed by atoms with E-state index in [1.165, 1.54) is 13.1 Å². The molecule has 0 spiro atoms. The number of hydrogen-bond acceptors (Lipinski definition) is 4. The maximum Gasteiger partial charge on any atom is 0.332 e. The van der Waals surface area contributed by atoms with E-state index in [4.69, 9.17) is 5.73 Å². The first-order chi connectivity index (χ1) is 6.20. The van der Waals surface area contributed by atoms with Gasteiger partial charge in [0.2, 0.25) is 0 Å². The molecule has 0 aliphatic heterocycles. The molecule has 0 fully saturated rings. The Labute approximate surface area is 75.2 Å². The minimum atomic E-state index is -0.508. The monoisotopic (exact) mass is 179 g/mol. The van der Waals surface area contributed by atoms with Crippen LogP contribution in [0.25, 0.3) is 0 Å². The number of amidine groups is 1. The number of carbonyl (C=O) groups is 1. The first kappa shape index (κ1) is 9.18. The van der Waals surface area contributed by atoms with Gasteiger partial charge >= 0.3 is 5.97 Å². The average molecular weight is 179 g/mol. The molecule has 5 heteroatoms. The van der Waals surface area contributed by atoms with Crippen molar-refractivity contribution in [2.75, 3.05) is 0 Å². The van der Waals surface area contributed by atoms with Gasteiger partial charge in [0.05, 0.1) is 0 Å². The van der Waals surface area contributed by atoms with E-state index in [1.54, 1.807) is 18.3 Å². The number of carbonyl (C=O) groups excluding carboxylic acids is 1. The summed E-state index contributed by atoms with van der Waals surface area (Å²) in [6.07, 6.45) is 3.14. The van der Waals surface area contributed by atoms with Crippen LogP contribution >= 0.6 is 0 Å². The molecule has 0 atom stereocenters. The predicted octanol–water partition coefficient (Wildman–Crippen LogP) is 0.265. The molecule has 5 nitrogen and oxygen atoms in total. The molecule has 1 aromatic heterocycles. The second-order valence-electron chi connectivity index (χ2n) is 2.30. The zero-order valence-corrected chi connectivity index (χ0v) is 7.10. The van der Waals surface area contributed by atoms with Gasteiger partial charge in [-0.05, 0) is 12.1 Å². The van der Waals surface area contributed by atoms with Gasteiger partial charge in [-0.1, -0.05) is 5.16 Å². The van der Waals surface area contributed by atoms with Crippen molar-refractivity contribution >= 4 is 11.8 Å². The largest absolute Gasteiger partial charge is 0.380 e. The Kier molecular flexibility index (Phi) is 2.97. The molecular formula is C8H9N3O2. The molecule has 0 aliphatic rings. The topological polar surface area (TPSA) is 77.6 Å². The fourth-order valence-electron chi connectivity index (χ4n) is 0.680. The molecule has 0 aromatic carbocycles. The Morgan fingerprint density at radius 1 is 1.69 bits per heavy atom. The van der Waals surface area contributed by atoms with Gasteiger partial charge in [0, 0.05) is 24.9 Å². The van der Waals surface area contributed by atoms with Crippen LogP contribution in [0.15, 0.2) is 29.7 Å². The minimum Gasteiger partial charge on any atom is -0.380 e. The Balaban J connectivity index is 2.73. The van der Waals surface area contributed by atoms with E-state index < -0.39 is 5.97 Å². The van der Waals surface area contributed by atoms with Crippen molar-refractivity contribution in [1.29, 1.82) is 0 Å². The van der Waals surface area contributed by atoms with Gasteiger partial charge in [-0.2, -0.15) is 0 Å². The van der Waals surface area contributed by atoms with E-state index in [2.05, 4.69) is 15.0 Å². The van der Waals surface area contributed by atoms with E-state index in [0.29, 0.717) is 5.56 Å². The zero-order chi connectivity index (χ0) is 9.68. The van der Waals surface area contributed by atoms with Crippen LogP contribution in [0.3, 0.4) is 0 Å². The number of pyridine rings is 1. The summed E-state index contributed by atoms with van der Waals surface area (Å²) in [5.41, 5.74) is 6.09. The summed E-state index contributed by atoms with van der Waals surface area (Å²) in [5, 5.41) is 3.40. The number of hydrogen-bond donors (Lipinski definition) is 1. The van der Waals surface area contributed by atoms with Crippen LogP contribution in [0.1, 0.15) is 12.5 Å². The molecule has 0 bridgehead atoms. The lowest BCUT2D eigenvalue weighted by atomic mass is 10.3. The molecule has 2 N–H and O–H groups in total. The van der Waals surface area contributed by atoms with Crippen molar-refractivity contribution in [2.45, 2.75) is 6.92 Å². The highest BCUT2D eigenvalue weighted by Gasteiger charge is 1.98. The predicted molar refractivity (Wildman–Crippen MR) is 46.7 cm³/mol. The standard InChI is InChI=1S/C8H9N3O2/c1-6(12)13-11-8(9)7-3-2-4-10-5-7/h2-5H,1H3,(H2,9,11). The summed E-state index contributed by atoms with van der Waals surface area (Å²) >= 11 is 0. The van der Waals surface area contributed by atoms with Crippen molar-refractivity contribution in [3.8, 4) is 0 Å². The fraction of sp³-hybridized carbons (Fsp3) is 0.125. The molecule has 1 aromatic rings. The summed E-state index contributed by atoms with van der Waals surface area (Å²) in [4.78, 5) is 18.6. The van der Waals surface area contributed by atoms with E-state index in [1.807, 2.05) is 0 Å². The number of nitrogens with two attached hydrogens (primary N) is 1.